The zero-order chi connectivity index (χ0) is 17.1. The lowest BCUT2D eigenvalue weighted by Gasteiger charge is -2.23. The van der Waals surface area contributed by atoms with Crippen LogP contribution in [0, 0.1) is 5.92 Å². The maximum absolute atomic E-state index is 12.5. The van der Waals surface area contributed by atoms with Crippen molar-refractivity contribution in [3.8, 4) is 11.5 Å². The summed E-state index contributed by atoms with van der Waals surface area (Å²) in [4.78, 5) is 28.3. The first-order chi connectivity index (χ1) is 11.6. The molecule has 0 radical (unpaired) electrons. The lowest BCUT2D eigenvalue weighted by molar-refractivity contribution is -0.134. The van der Waals surface area contributed by atoms with Gasteiger partial charge in [-0.15, -0.1) is 0 Å². The molecule has 1 aromatic carbocycles. The molecular weight excluding hydrogens is 308 g/mol. The standard InChI is InChI=1S/C18H24N2O4/c1-3-4-7-19(2)18(22)13-10-17(21)20(12-13)14-5-6-15-16(11-14)24-9-8-23-15/h5-6,11,13H,3-4,7-10,12H2,1-2H3. The van der Waals surface area contributed by atoms with Gasteiger partial charge in [-0.1, -0.05) is 13.3 Å². The third kappa shape index (κ3) is 3.32. The van der Waals surface area contributed by atoms with Crippen LogP contribution in [-0.2, 0) is 9.59 Å². The SMILES string of the molecule is CCCCN(C)C(=O)C1CC(=O)N(c2ccc3c(c2)OCCO3)C1. The van der Waals surface area contributed by atoms with Crippen LogP contribution in [0.5, 0.6) is 11.5 Å². The van der Waals surface area contributed by atoms with Crippen LogP contribution in [0.3, 0.4) is 0 Å². The fraction of sp³-hybridized carbons (Fsp3) is 0.556. The molecule has 0 aliphatic carbocycles. The van der Waals surface area contributed by atoms with E-state index in [2.05, 4.69) is 6.92 Å². The number of nitrogens with zero attached hydrogens (tertiary/aromatic N) is 2. The van der Waals surface area contributed by atoms with Gasteiger partial charge in [-0.05, 0) is 18.6 Å². The summed E-state index contributed by atoms with van der Waals surface area (Å²) in [5.41, 5.74) is 0.760. The van der Waals surface area contributed by atoms with Crippen LogP contribution < -0.4 is 14.4 Å². The second-order valence-electron chi connectivity index (χ2n) is 6.35. The molecule has 1 saturated heterocycles. The number of anilines is 1. The first-order valence-electron chi connectivity index (χ1n) is 8.55. The van der Waals surface area contributed by atoms with Crippen molar-refractivity contribution in [1.82, 2.24) is 4.90 Å². The van der Waals surface area contributed by atoms with Gasteiger partial charge in [-0.25, -0.2) is 0 Å². The lowest BCUT2D eigenvalue weighted by Crippen LogP contribution is -2.35. The van der Waals surface area contributed by atoms with Gasteiger partial charge in [0, 0.05) is 38.3 Å². The first-order valence-corrected chi connectivity index (χ1v) is 8.55. The summed E-state index contributed by atoms with van der Waals surface area (Å²) in [6.45, 7) is 4.31. The van der Waals surface area contributed by atoms with Crippen LogP contribution in [0.1, 0.15) is 26.2 Å². The van der Waals surface area contributed by atoms with E-state index in [1.54, 1.807) is 9.80 Å². The molecule has 0 N–H and O–H groups in total. The molecule has 1 unspecified atom stereocenters. The van der Waals surface area contributed by atoms with E-state index < -0.39 is 0 Å². The van der Waals surface area contributed by atoms with Crippen molar-refractivity contribution >= 4 is 17.5 Å². The summed E-state index contributed by atoms with van der Waals surface area (Å²) in [7, 11) is 1.81. The quantitative estimate of drug-likeness (QED) is 0.828. The van der Waals surface area contributed by atoms with E-state index >= 15 is 0 Å². The number of fused-ring (bicyclic) bond motifs is 1. The fourth-order valence-corrected chi connectivity index (χ4v) is 3.14. The first kappa shape index (κ1) is 16.6. The van der Waals surface area contributed by atoms with Crippen molar-refractivity contribution in [2.45, 2.75) is 26.2 Å². The number of carbonyl (C=O) groups excluding carboxylic acids is 2. The van der Waals surface area contributed by atoms with Gasteiger partial charge in [0.25, 0.3) is 0 Å². The molecule has 6 heteroatoms. The number of ether oxygens (including phenoxy) is 2. The van der Waals surface area contributed by atoms with E-state index in [0.717, 1.165) is 25.1 Å². The van der Waals surface area contributed by atoms with Crippen LogP contribution in [0.15, 0.2) is 18.2 Å². The summed E-state index contributed by atoms with van der Waals surface area (Å²) in [6.07, 6.45) is 2.29. The van der Waals surface area contributed by atoms with Gasteiger partial charge in [0.1, 0.15) is 13.2 Å². The van der Waals surface area contributed by atoms with Crippen LogP contribution in [0.25, 0.3) is 0 Å². The summed E-state index contributed by atoms with van der Waals surface area (Å²) >= 11 is 0. The summed E-state index contributed by atoms with van der Waals surface area (Å²) < 4.78 is 11.1. The van der Waals surface area contributed by atoms with Crippen LogP contribution in [0.4, 0.5) is 5.69 Å². The Kier molecular flexibility index (Phi) is 4.92. The third-order valence-corrected chi connectivity index (χ3v) is 4.54. The monoisotopic (exact) mass is 332 g/mol. The zero-order valence-electron chi connectivity index (χ0n) is 14.3. The maximum Gasteiger partial charge on any atom is 0.227 e. The average molecular weight is 332 g/mol. The molecule has 2 aliphatic rings. The highest BCUT2D eigenvalue weighted by Gasteiger charge is 2.36. The third-order valence-electron chi connectivity index (χ3n) is 4.54. The van der Waals surface area contributed by atoms with Gasteiger partial charge in [0.2, 0.25) is 11.8 Å². The molecule has 1 fully saturated rings. The van der Waals surface area contributed by atoms with Gasteiger partial charge in [-0.3, -0.25) is 9.59 Å². The highest BCUT2D eigenvalue weighted by molar-refractivity contribution is 6.00. The Labute approximate surface area is 142 Å². The van der Waals surface area contributed by atoms with E-state index in [1.807, 2.05) is 25.2 Å². The minimum atomic E-state index is -0.271. The second-order valence-corrected chi connectivity index (χ2v) is 6.35. The van der Waals surface area contributed by atoms with Gasteiger partial charge in [0.15, 0.2) is 11.5 Å². The molecule has 0 bridgehead atoms. The average Bonchev–Trinajstić information content (AvgIpc) is 3.00. The van der Waals surface area contributed by atoms with E-state index in [0.29, 0.717) is 31.3 Å². The number of benzene rings is 1. The van der Waals surface area contributed by atoms with Crippen molar-refractivity contribution in [3.63, 3.8) is 0 Å². The van der Waals surface area contributed by atoms with Gasteiger partial charge in [-0.2, -0.15) is 0 Å². The van der Waals surface area contributed by atoms with Crippen LogP contribution in [0.2, 0.25) is 0 Å². The van der Waals surface area contributed by atoms with Crippen molar-refractivity contribution in [3.05, 3.63) is 18.2 Å². The van der Waals surface area contributed by atoms with Gasteiger partial charge >= 0.3 is 0 Å². The topological polar surface area (TPSA) is 59.1 Å². The fourth-order valence-electron chi connectivity index (χ4n) is 3.14. The van der Waals surface area contributed by atoms with Crippen molar-refractivity contribution in [2.75, 3.05) is 38.3 Å². The molecule has 2 amide bonds. The molecular formula is C18H24N2O4. The predicted octanol–water partition coefficient (Wildman–Crippen LogP) is 2.07. The Morgan fingerprint density at radius 3 is 2.79 bits per heavy atom. The molecule has 1 aromatic rings. The number of rotatable bonds is 5. The van der Waals surface area contributed by atoms with Gasteiger partial charge in [0.05, 0.1) is 5.92 Å². The largest absolute Gasteiger partial charge is 0.486 e. The van der Waals surface area contributed by atoms with Gasteiger partial charge < -0.3 is 19.3 Å². The normalized spacial score (nSPS) is 19.5. The lowest BCUT2D eigenvalue weighted by atomic mass is 10.1. The molecule has 2 aliphatic heterocycles. The Balaban J connectivity index is 1.70. The molecule has 130 valence electrons. The predicted molar refractivity (Wildman–Crippen MR) is 90.4 cm³/mol. The Bertz CT molecular complexity index is 631. The Morgan fingerprint density at radius 2 is 2.04 bits per heavy atom. The number of hydrogen-bond donors (Lipinski definition) is 0. The van der Waals surface area contributed by atoms with E-state index in [-0.39, 0.29) is 24.2 Å². The van der Waals surface area contributed by atoms with Crippen molar-refractivity contribution in [1.29, 1.82) is 0 Å². The number of carbonyl (C=O) groups is 2. The number of hydrogen-bond acceptors (Lipinski definition) is 4. The summed E-state index contributed by atoms with van der Waals surface area (Å²) in [5, 5.41) is 0. The number of amides is 2. The van der Waals surface area contributed by atoms with Crippen LogP contribution >= 0.6 is 0 Å². The molecule has 24 heavy (non-hydrogen) atoms. The molecule has 6 nitrogen and oxygen atoms in total. The van der Waals surface area contributed by atoms with E-state index in [1.165, 1.54) is 0 Å². The molecule has 1 atom stereocenters. The molecule has 0 spiro atoms. The molecule has 0 aromatic heterocycles. The zero-order valence-corrected chi connectivity index (χ0v) is 14.3. The summed E-state index contributed by atoms with van der Waals surface area (Å²) in [5.74, 6) is 1.11. The summed E-state index contributed by atoms with van der Waals surface area (Å²) in [6, 6.07) is 5.48. The maximum atomic E-state index is 12.5. The Morgan fingerprint density at radius 1 is 1.29 bits per heavy atom. The van der Waals surface area contributed by atoms with E-state index in [4.69, 9.17) is 9.47 Å². The molecule has 0 saturated carbocycles. The smallest absolute Gasteiger partial charge is 0.227 e. The highest BCUT2D eigenvalue weighted by atomic mass is 16.6. The highest BCUT2D eigenvalue weighted by Crippen LogP contribution is 2.36. The Hall–Kier alpha value is -2.24. The van der Waals surface area contributed by atoms with Crippen molar-refractivity contribution < 1.29 is 19.1 Å². The minimum Gasteiger partial charge on any atom is -0.486 e. The molecule has 2 heterocycles. The minimum absolute atomic E-state index is 0.0195. The van der Waals surface area contributed by atoms with E-state index in [9.17, 15) is 9.59 Å². The van der Waals surface area contributed by atoms with Crippen LogP contribution in [-0.4, -0.2) is 50.1 Å². The number of unbranched alkanes of at least 4 members (excludes halogenated alkanes) is 1. The second kappa shape index (κ2) is 7.11. The molecule has 3 rings (SSSR count). The van der Waals surface area contributed by atoms with Crippen molar-refractivity contribution in [2.24, 2.45) is 5.92 Å².